The van der Waals surface area contributed by atoms with Crippen LogP contribution in [0.15, 0.2) is 102 Å². The second-order valence-corrected chi connectivity index (χ2v) is 9.93. The smallest absolute Gasteiger partial charge is 0.326 e. The molecule has 0 spiro atoms. The molecule has 0 aliphatic carbocycles. The molecule has 0 aromatic heterocycles. The number of ether oxygens (including phenoxy) is 1. The third-order valence-corrected chi connectivity index (χ3v) is 6.97. The normalized spacial score (nSPS) is 11.5. The molecular weight excluding hydrogens is 556 g/mol. The fourth-order valence-electron chi connectivity index (χ4n) is 4.43. The van der Waals surface area contributed by atoms with Gasteiger partial charge < -0.3 is 20.1 Å². The number of anilines is 1. The van der Waals surface area contributed by atoms with Gasteiger partial charge in [-0.2, -0.15) is 0 Å². The van der Waals surface area contributed by atoms with E-state index in [1.54, 1.807) is 6.07 Å². The number of halogens is 1. The van der Waals surface area contributed by atoms with Gasteiger partial charge in [0.25, 0.3) is 5.91 Å². The lowest BCUT2D eigenvalue weighted by Crippen LogP contribution is -2.42. The maximum absolute atomic E-state index is 13.2. The van der Waals surface area contributed by atoms with Gasteiger partial charge in [-0.1, -0.05) is 76.6 Å². The zero-order chi connectivity index (χ0) is 27.8. The first-order valence-electron chi connectivity index (χ1n) is 12.9. The van der Waals surface area contributed by atoms with Crippen molar-refractivity contribution in [2.24, 2.45) is 0 Å². The quantitative estimate of drug-likeness (QED) is 0.194. The van der Waals surface area contributed by atoms with Crippen LogP contribution in [-0.2, 0) is 11.2 Å². The van der Waals surface area contributed by atoms with Gasteiger partial charge in [-0.3, -0.25) is 4.79 Å². The Morgan fingerprint density at radius 2 is 1.56 bits per heavy atom. The summed E-state index contributed by atoms with van der Waals surface area (Å²) >= 11 is 3.43. The summed E-state index contributed by atoms with van der Waals surface area (Å²) in [6, 6.07) is 29.4. The predicted molar refractivity (Wildman–Crippen MR) is 159 cm³/mol. The second-order valence-electron chi connectivity index (χ2n) is 9.01. The summed E-state index contributed by atoms with van der Waals surface area (Å²) in [7, 11) is 0. The topological polar surface area (TPSA) is 78.9 Å². The number of carbonyl (C=O) groups is 2. The second kappa shape index (κ2) is 13.1. The van der Waals surface area contributed by atoms with Gasteiger partial charge in [0, 0.05) is 35.2 Å². The highest BCUT2D eigenvalue weighted by Gasteiger charge is 2.24. The van der Waals surface area contributed by atoms with Gasteiger partial charge in [0.1, 0.15) is 17.5 Å². The molecule has 1 atom stereocenters. The van der Waals surface area contributed by atoms with E-state index in [0.29, 0.717) is 5.56 Å². The molecule has 4 aromatic carbocycles. The Morgan fingerprint density at radius 1 is 0.897 bits per heavy atom. The Labute approximate surface area is 237 Å². The highest BCUT2D eigenvalue weighted by atomic mass is 79.9. The molecule has 0 saturated carbocycles. The summed E-state index contributed by atoms with van der Waals surface area (Å²) in [6.07, 6.45) is 0.151. The first-order chi connectivity index (χ1) is 18.9. The maximum Gasteiger partial charge on any atom is 0.326 e. The molecule has 7 heteroatoms. The average molecular weight is 588 g/mol. The van der Waals surface area contributed by atoms with Crippen LogP contribution in [0.3, 0.4) is 0 Å². The molecule has 0 aliphatic heterocycles. The summed E-state index contributed by atoms with van der Waals surface area (Å²) in [6.45, 7) is 5.49. The lowest BCUT2D eigenvalue weighted by atomic mass is 9.99. The molecular formula is C32H31BrN2O4. The van der Waals surface area contributed by atoms with Crippen LogP contribution in [0.25, 0.3) is 11.1 Å². The minimum absolute atomic E-state index is 0.151. The number of amides is 1. The van der Waals surface area contributed by atoms with E-state index in [0.717, 1.165) is 51.4 Å². The van der Waals surface area contributed by atoms with Crippen LogP contribution < -0.4 is 15.0 Å². The van der Waals surface area contributed by atoms with Gasteiger partial charge in [-0.25, -0.2) is 4.79 Å². The molecule has 0 saturated heterocycles. The van der Waals surface area contributed by atoms with Crippen molar-refractivity contribution in [1.29, 1.82) is 0 Å². The van der Waals surface area contributed by atoms with Crippen molar-refractivity contribution >= 4 is 33.5 Å². The molecule has 0 aliphatic rings. The fraction of sp³-hybridized carbons (Fsp3) is 0.188. The third-order valence-electron chi connectivity index (χ3n) is 6.47. The maximum atomic E-state index is 13.2. The summed E-state index contributed by atoms with van der Waals surface area (Å²) in [5.74, 6) is -0.0380. The van der Waals surface area contributed by atoms with Crippen molar-refractivity contribution in [1.82, 2.24) is 5.32 Å². The molecule has 1 amide bonds. The van der Waals surface area contributed by atoms with Crippen molar-refractivity contribution in [3.63, 3.8) is 0 Å². The molecule has 39 heavy (non-hydrogen) atoms. The fourth-order valence-corrected chi connectivity index (χ4v) is 4.79. The molecule has 2 N–H and O–H groups in total. The molecule has 6 nitrogen and oxygen atoms in total. The Kier molecular flexibility index (Phi) is 9.39. The van der Waals surface area contributed by atoms with Crippen LogP contribution in [0.1, 0.15) is 29.8 Å². The summed E-state index contributed by atoms with van der Waals surface area (Å²) in [5, 5.41) is 12.6. The van der Waals surface area contributed by atoms with Crippen molar-refractivity contribution in [3.05, 3.63) is 113 Å². The molecule has 0 heterocycles. The van der Waals surface area contributed by atoms with Crippen LogP contribution in [0, 0.1) is 0 Å². The SMILES string of the molecule is CCN(CC)c1ccc(Br)cc1C(=O)NC(Cc1ccc(-c2ccccc2Oc2ccccc2)cc1)C(=O)O. The van der Waals surface area contributed by atoms with E-state index in [9.17, 15) is 14.7 Å². The highest BCUT2D eigenvalue weighted by Crippen LogP contribution is 2.33. The number of hydrogen-bond acceptors (Lipinski definition) is 4. The monoisotopic (exact) mass is 586 g/mol. The molecule has 4 rings (SSSR count). The van der Waals surface area contributed by atoms with Gasteiger partial charge in [0.2, 0.25) is 0 Å². The van der Waals surface area contributed by atoms with Gasteiger partial charge in [0.15, 0.2) is 0 Å². The zero-order valence-corrected chi connectivity index (χ0v) is 23.5. The summed E-state index contributed by atoms with van der Waals surface area (Å²) < 4.78 is 6.85. The van der Waals surface area contributed by atoms with Crippen LogP contribution in [-0.4, -0.2) is 36.1 Å². The van der Waals surface area contributed by atoms with Gasteiger partial charge in [-0.15, -0.1) is 0 Å². The van der Waals surface area contributed by atoms with E-state index in [-0.39, 0.29) is 6.42 Å². The molecule has 200 valence electrons. The van der Waals surface area contributed by atoms with E-state index in [4.69, 9.17) is 4.74 Å². The van der Waals surface area contributed by atoms with Crippen LogP contribution in [0.4, 0.5) is 5.69 Å². The van der Waals surface area contributed by atoms with Crippen LogP contribution >= 0.6 is 15.9 Å². The molecule has 1 unspecified atom stereocenters. The van der Waals surface area contributed by atoms with E-state index < -0.39 is 17.9 Å². The van der Waals surface area contributed by atoms with Crippen LogP contribution in [0.2, 0.25) is 0 Å². The van der Waals surface area contributed by atoms with Gasteiger partial charge in [-0.05, 0) is 61.4 Å². The first-order valence-corrected chi connectivity index (χ1v) is 13.7. The number of hydrogen-bond donors (Lipinski definition) is 2. The van der Waals surface area contributed by atoms with Gasteiger partial charge >= 0.3 is 5.97 Å². The van der Waals surface area contributed by atoms with Crippen molar-refractivity contribution in [2.45, 2.75) is 26.3 Å². The largest absolute Gasteiger partial charge is 0.480 e. The number of nitrogens with zero attached hydrogens (tertiary/aromatic N) is 1. The zero-order valence-electron chi connectivity index (χ0n) is 21.9. The third kappa shape index (κ3) is 7.06. The molecule has 0 radical (unpaired) electrons. The van der Waals surface area contributed by atoms with Crippen LogP contribution in [0.5, 0.6) is 11.5 Å². The number of carbonyl (C=O) groups excluding carboxylic acids is 1. The average Bonchev–Trinajstić information content (AvgIpc) is 2.95. The number of carboxylic acid groups (broad SMARTS) is 1. The van der Waals surface area contributed by atoms with Gasteiger partial charge in [0.05, 0.1) is 5.56 Å². The Hall–Kier alpha value is -4.10. The number of para-hydroxylation sites is 2. The Balaban J connectivity index is 1.51. The standard InChI is InChI=1S/C32H31BrN2O4/c1-3-35(4-2)29-19-18-24(33)21-27(29)31(36)34-28(32(37)38)20-22-14-16-23(17-15-22)26-12-8-9-13-30(26)39-25-10-6-5-7-11-25/h5-19,21,28H,3-4,20H2,1-2H3,(H,34,36)(H,37,38). The number of aliphatic carboxylic acids is 1. The van der Waals surface area contributed by atoms with Crippen molar-refractivity contribution in [3.8, 4) is 22.6 Å². The molecule has 0 fully saturated rings. The Morgan fingerprint density at radius 3 is 2.23 bits per heavy atom. The minimum Gasteiger partial charge on any atom is -0.480 e. The lowest BCUT2D eigenvalue weighted by Gasteiger charge is -2.24. The van der Waals surface area contributed by atoms with E-state index in [2.05, 4.69) is 26.1 Å². The number of rotatable bonds is 11. The Bertz CT molecular complexity index is 1420. The molecule has 4 aromatic rings. The number of carboxylic acids is 1. The lowest BCUT2D eigenvalue weighted by molar-refractivity contribution is -0.139. The summed E-state index contributed by atoms with van der Waals surface area (Å²) in [5.41, 5.74) is 3.87. The van der Waals surface area contributed by atoms with E-state index in [1.165, 1.54) is 0 Å². The molecule has 0 bridgehead atoms. The summed E-state index contributed by atoms with van der Waals surface area (Å²) in [4.78, 5) is 27.4. The first kappa shape index (κ1) is 27.9. The highest BCUT2D eigenvalue weighted by molar-refractivity contribution is 9.10. The predicted octanol–water partition coefficient (Wildman–Crippen LogP) is 7.18. The van der Waals surface area contributed by atoms with Crippen molar-refractivity contribution in [2.75, 3.05) is 18.0 Å². The van der Waals surface area contributed by atoms with E-state index >= 15 is 0 Å². The number of nitrogens with one attached hydrogen (secondary N) is 1. The number of benzene rings is 4. The van der Waals surface area contributed by atoms with Crippen molar-refractivity contribution < 1.29 is 19.4 Å². The minimum atomic E-state index is -1.09. The van der Waals surface area contributed by atoms with E-state index in [1.807, 2.05) is 105 Å².